The van der Waals surface area contributed by atoms with Crippen LogP contribution in [0.3, 0.4) is 0 Å². The molecule has 2 saturated carbocycles. The number of para-hydroxylation sites is 1. The van der Waals surface area contributed by atoms with Crippen LogP contribution < -0.4 is 10.6 Å². The monoisotopic (exact) mass is 354 g/mol. The molecule has 3 N–H and O–H groups in total. The maximum atomic E-state index is 12.7. The molecule has 0 aliphatic heterocycles. The molecule has 6 nitrogen and oxygen atoms in total. The first kappa shape index (κ1) is 17.2. The van der Waals surface area contributed by atoms with Gasteiger partial charge in [-0.2, -0.15) is 0 Å². The number of carbonyl (C=O) groups is 1. The van der Waals surface area contributed by atoms with Gasteiger partial charge in [-0.25, -0.2) is 9.97 Å². The molecule has 0 atom stereocenters. The van der Waals surface area contributed by atoms with Gasteiger partial charge in [-0.3, -0.25) is 4.79 Å². The molecule has 2 fully saturated rings. The van der Waals surface area contributed by atoms with Crippen LogP contribution in [0.2, 0.25) is 0 Å². The summed E-state index contributed by atoms with van der Waals surface area (Å²) in [6, 6.07) is 6.20. The molecule has 6 heteroatoms. The highest BCUT2D eigenvalue weighted by Gasteiger charge is 2.22. The van der Waals surface area contributed by atoms with Gasteiger partial charge in [0.1, 0.15) is 0 Å². The van der Waals surface area contributed by atoms with Crippen LogP contribution in [0.25, 0.3) is 10.9 Å². The van der Waals surface area contributed by atoms with Crippen molar-refractivity contribution in [3.05, 3.63) is 30.0 Å². The Morgan fingerprint density at radius 3 is 2.58 bits per heavy atom. The Hall–Kier alpha value is -2.21. The summed E-state index contributed by atoms with van der Waals surface area (Å²) in [5, 5.41) is 17.0. The van der Waals surface area contributed by atoms with E-state index in [0.717, 1.165) is 43.9 Å². The average Bonchev–Trinajstić information content (AvgIpc) is 3.16. The molecule has 2 aromatic rings. The van der Waals surface area contributed by atoms with Crippen LogP contribution in [0.5, 0.6) is 0 Å². The first-order valence-electron chi connectivity index (χ1n) is 9.70. The van der Waals surface area contributed by atoms with Crippen molar-refractivity contribution in [2.45, 2.75) is 69.6 Å². The van der Waals surface area contributed by atoms with Crippen molar-refractivity contribution < 1.29 is 9.90 Å². The van der Waals surface area contributed by atoms with Crippen molar-refractivity contribution in [2.75, 3.05) is 5.32 Å². The standard InChI is InChI=1S/C20H26N4O2/c25-16-10-8-15(9-11-16)23-20-21-12-13-4-3-7-17(18(13)24-20)19(26)22-14-5-1-2-6-14/h3-4,7,12,14-16,25H,1-2,5-6,8-11H2,(H,22,26)(H,21,23,24). The highest BCUT2D eigenvalue weighted by atomic mass is 16.3. The fraction of sp³-hybridized carbons (Fsp3) is 0.550. The Morgan fingerprint density at radius 2 is 1.81 bits per heavy atom. The van der Waals surface area contributed by atoms with Crippen molar-refractivity contribution in [1.29, 1.82) is 0 Å². The topological polar surface area (TPSA) is 87.1 Å². The van der Waals surface area contributed by atoms with Crippen LogP contribution >= 0.6 is 0 Å². The molecule has 0 unspecified atom stereocenters. The molecule has 0 radical (unpaired) electrons. The zero-order chi connectivity index (χ0) is 17.9. The van der Waals surface area contributed by atoms with Gasteiger partial charge in [-0.1, -0.05) is 25.0 Å². The lowest BCUT2D eigenvalue weighted by atomic mass is 9.93. The third kappa shape index (κ3) is 3.80. The molecular formula is C20H26N4O2. The molecule has 2 aliphatic rings. The van der Waals surface area contributed by atoms with Gasteiger partial charge < -0.3 is 15.7 Å². The lowest BCUT2D eigenvalue weighted by Crippen LogP contribution is -2.32. The smallest absolute Gasteiger partial charge is 0.253 e. The van der Waals surface area contributed by atoms with Crippen molar-refractivity contribution >= 4 is 22.8 Å². The Morgan fingerprint density at radius 1 is 1.04 bits per heavy atom. The van der Waals surface area contributed by atoms with Crippen molar-refractivity contribution in [3.63, 3.8) is 0 Å². The van der Waals surface area contributed by atoms with Gasteiger partial charge in [-0.15, -0.1) is 0 Å². The van der Waals surface area contributed by atoms with Crippen LogP contribution in [0, 0.1) is 0 Å². The summed E-state index contributed by atoms with van der Waals surface area (Å²) < 4.78 is 0. The Kier molecular flexibility index (Phi) is 5.02. The van der Waals surface area contributed by atoms with E-state index in [4.69, 9.17) is 0 Å². The third-order valence-corrected chi connectivity index (χ3v) is 5.58. The molecule has 1 aromatic carbocycles. The number of anilines is 1. The number of benzene rings is 1. The second kappa shape index (κ2) is 7.58. The second-order valence-corrected chi connectivity index (χ2v) is 7.54. The first-order chi connectivity index (χ1) is 12.7. The van der Waals surface area contributed by atoms with Crippen molar-refractivity contribution in [3.8, 4) is 0 Å². The van der Waals surface area contributed by atoms with Gasteiger partial charge in [0, 0.05) is 23.7 Å². The van der Waals surface area contributed by atoms with Crippen LogP contribution in [-0.4, -0.2) is 39.2 Å². The molecule has 138 valence electrons. The zero-order valence-corrected chi connectivity index (χ0v) is 14.9. The van der Waals surface area contributed by atoms with Crippen LogP contribution in [0.15, 0.2) is 24.4 Å². The average molecular weight is 354 g/mol. The minimum absolute atomic E-state index is 0.0482. The number of aliphatic hydroxyl groups excluding tert-OH is 1. The summed E-state index contributed by atoms with van der Waals surface area (Å²) >= 11 is 0. The van der Waals surface area contributed by atoms with E-state index in [-0.39, 0.29) is 24.1 Å². The summed E-state index contributed by atoms with van der Waals surface area (Å²) in [5.74, 6) is 0.507. The number of rotatable bonds is 4. The van der Waals surface area contributed by atoms with E-state index in [9.17, 15) is 9.90 Å². The van der Waals surface area contributed by atoms with E-state index in [0.29, 0.717) is 17.0 Å². The Balaban J connectivity index is 1.54. The highest BCUT2D eigenvalue weighted by Crippen LogP contribution is 2.23. The van der Waals surface area contributed by atoms with Gasteiger partial charge in [0.05, 0.1) is 17.2 Å². The number of aromatic nitrogens is 2. The Labute approximate surface area is 153 Å². The molecule has 0 saturated heterocycles. The van der Waals surface area contributed by atoms with E-state index in [1.54, 1.807) is 6.20 Å². The normalized spacial score (nSPS) is 23.9. The van der Waals surface area contributed by atoms with Gasteiger partial charge in [0.15, 0.2) is 0 Å². The van der Waals surface area contributed by atoms with E-state index in [1.807, 2.05) is 18.2 Å². The lowest BCUT2D eigenvalue weighted by molar-refractivity contribution is 0.0939. The number of hydrogen-bond donors (Lipinski definition) is 3. The van der Waals surface area contributed by atoms with E-state index in [1.165, 1.54) is 12.8 Å². The molecule has 1 heterocycles. The second-order valence-electron chi connectivity index (χ2n) is 7.54. The SMILES string of the molecule is O=C(NC1CCCC1)c1cccc2cnc(NC3CCC(O)CC3)nc12. The Bertz CT molecular complexity index is 780. The molecule has 0 bridgehead atoms. The van der Waals surface area contributed by atoms with Crippen LogP contribution in [-0.2, 0) is 0 Å². The quantitative estimate of drug-likeness (QED) is 0.786. The summed E-state index contributed by atoms with van der Waals surface area (Å²) in [6.45, 7) is 0. The molecule has 2 aliphatic carbocycles. The number of nitrogens with one attached hydrogen (secondary N) is 2. The predicted octanol–water partition coefficient (Wildman–Crippen LogP) is 3.02. The van der Waals surface area contributed by atoms with Gasteiger partial charge in [0.25, 0.3) is 5.91 Å². The van der Waals surface area contributed by atoms with Crippen LogP contribution in [0.4, 0.5) is 5.95 Å². The largest absolute Gasteiger partial charge is 0.393 e. The lowest BCUT2D eigenvalue weighted by Gasteiger charge is -2.26. The fourth-order valence-electron chi connectivity index (χ4n) is 4.04. The zero-order valence-electron chi connectivity index (χ0n) is 14.9. The molecule has 0 spiro atoms. The maximum Gasteiger partial charge on any atom is 0.253 e. The summed E-state index contributed by atoms with van der Waals surface area (Å²) in [7, 11) is 0. The molecule has 4 rings (SSSR count). The van der Waals surface area contributed by atoms with Crippen LogP contribution in [0.1, 0.15) is 61.7 Å². The van der Waals surface area contributed by atoms with Crippen molar-refractivity contribution in [1.82, 2.24) is 15.3 Å². The molecule has 1 amide bonds. The molecule has 26 heavy (non-hydrogen) atoms. The summed E-state index contributed by atoms with van der Waals surface area (Å²) in [6.07, 6.45) is 9.52. The minimum Gasteiger partial charge on any atom is -0.393 e. The predicted molar refractivity (Wildman–Crippen MR) is 101 cm³/mol. The number of nitrogens with zero attached hydrogens (tertiary/aromatic N) is 2. The number of carbonyl (C=O) groups excluding carboxylic acids is 1. The fourth-order valence-corrected chi connectivity index (χ4v) is 4.04. The van der Waals surface area contributed by atoms with E-state index in [2.05, 4.69) is 20.6 Å². The van der Waals surface area contributed by atoms with Gasteiger partial charge in [0.2, 0.25) is 5.95 Å². The molecular weight excluding hydrogens is 328 g/mol. The highest BCUT2D eigenvalue weighted by molar-refractivity contribution is 6.05. The number of hydrogen-bond acceptors (Lipinski definition) is 5. The number of fused-ring (bicyclic) bond motifs is 1. The van der Waals surface area contributed by atoms with Gasteiger partial charge in [-0.05, 0) is 44.6 Å². The summed E-state index contributed by atoms with van der Waals surface area (Å²) in [5.41, 5.74) is 1.30. The van der Waals surface area contributed by atoms with E-state index < -0.39 is 0 Å². The number of aliphatic hydroxyl groups is 1. The first-order valence-corrected chi connectivity index (χ1v) is 9.70. The summed E-state index contributed by atoms with van der Waals surface area (Å²) in [4.78, 5) is 21.8. The van der Waals surface area contributed by atoms with E-state index >= 15 is 0 Å². The van der Waals surface area contributed by atoms with Gasteiger partial charge >= 0.3 is 0 Å². The van der Waals surface area contributed by atoms with Crippen molar-refractivity contribution in [2.24, 2.45) is 0 Å². The third-order valence-electron chi connectivity index (χ3n) is 5.58. The molecule has 1 aromatic heterocycles. The maximum absolute atomic E-state index is 12.7. The number of amides is 1. The minimum atomic E-state index is -0.184.